The SMILES string of the molecule is Cc1ccc(C(C)(C)C)cc1-c1c2ccc([Si](C)(C)C(C)(C)c3ccccc3)cc2cc[n+]1C. The van der Waals surface area contributed by atoms with Crippen LogP contribution in [0, 0.1) is 6.92 Å². The number of hydrogen-bond donors (Lipinski definition) is 0. The van der Waals surface area contributed by atoms with Crippen molar-refractivity contribution < 1.29 is 4.57 Å². The molecule has 0 spiro atoms. The minimum Gasteiger partial charge on any atom is -0.200 e. The van der Waals surface area contributed by atoms with Gasteiger partial charge in [0.05, 0.1) is 13.5 Å². The summed E-state index contributed by atoms with van der Waals surface area (Å²) in [6.07, 6.45) is 2.22. The van der Waals surface area contributed by atoms with E-state index in [1.54, 1.807) is 0 Å². The van der Waals surface area contributed by atoms with Crippen molar-refractivity contribution in [2.24, 2.45) is 7.05 Å². The summed E-state index contributed by atoms with van der Waals surface area (Å²) in [5.74, 6) is 0. The van der Waals surface area contributed by atoms with Gasteiger partial charge < -0.3 is 0 Å². The zero-order valence-corrected chi connectivity index (χ0v) is 23.5. The Morgan fingerprint density at radius 1 is 0.735 bits per heavy atom. The van der Waals surface area contributed by atoms with Crippen LogP contribution in [0.2, 0.25) is 13.1 Å². The molecule has 0 amide bonds. The number of nitrogens with zero attached hydrogens (tertiary/aromatic N) is 1. The van der Waals surface area contributed by atoms with Crippen LogP contribution in [0.25, 0.3) is 22.0 Å². The Bertz CT molecular complexity index is 1340. The van der Waals surface area contributed by atoms with Gasteiger partial charge in [-0.1, -0.05) is 107 Å². The largest absolute Gasteiger partial charge is 0.220 e. The molecule has 0 aliphatic carbocycles. The summed E-state index contributed by atoms with van der Waals surface area (Å²) in [4.78, 5) is 0. The van der Waals surface area contributed by atoms with Crippen LogP contribution >= 0.6 is 0 Å². The molecule has 4 rings (SSSR count). The maximum absolute atomic E-state index is 2.52. The molecule has 0 unspecified atom stereocenters. The maximum Gasteiger partial charge on any atom is 0.220 e. The molecule has 34 heavy (non-hydrogen) atoms. The van der Waals surface area contributed by atoms with Crippen LogP contribution in [0.5, 0.6) is 0 Å². The highest BCUT2D eigenvalue weighted by Gasteiger charge is 2.41. The standard InChI is InChI=1S/C32H40NSi/c1-23-15-16-26(31(2,3)4)22-29(23)30-28-18-17-27(21-24(28)19-20-33(30)7)34(8,9)32(5,6)25-13-11-10-12-14-25/h10-22H,1-9H3/q+1. The second kappa shape index (κ2) is 8.50. The first-order valence-corrected chi connectivity index (χ1v) is 15.4. The van der Waals surface area contributed by atoms with Crippen LogP contribution in [-0.2, 0) is 17.5 Å². The first-order chi connectivity index (χ1) is 15.8. The third kappa shape index (κ3) is 4.13. The van der Waals surface area contributed by atoms with Gasteiger partial charge in [0.2, 0.25) is 5.69 Å². The van der Waals surface area contributed by atoms with Gasteiger partial charge in [0.1, 0.15) is 7.05 Å². The average molecular weight is 467 g/mol. The van der Waals surface area contributed by atoms with Crippen molar-refractivity contribution in [3.63, 3.8) is 0 Å². The van der Waals surface area contributed by atoms with Crippen molar-refractivity contribution in [3.8, 4) is 11.3 Å². The van der Waals surface area contributed by atoms with Crippen molar-refractivity contribution in [2.45, 2.75) is 65.1 Å². The van der Waals surface area contributed by atoms with E-state index in [1.807, 2.05) is 0 Å². The lowest BCUT2D eigenvalue weighted by atomic mass is 9.84. The Morgan fingerprint density at radius 2 is 1.41 bits per heavy atom. The highest BCUT2D eigenvalue weighted by Crippen LogP contribution is 2.35. The quantitative estimate of drug-likeness (QED) is 0.218. The summed E-state index contributed by atoms with van der Waals surface area (Å²) in [6, 6.07) is 27.5. The van der Waals surface area contributed by atoms with E-state index in [-0.39, 0.29) is 10.5 Å². The van der Waals surface area contributed by atoms with E-state index in [0.29, 0.717) is 0 Å². The second-order valence-electron chi connectivity index (χ2n) is 12.0. The van der Waals surface area contributed by atoms with Gasteiger partial charge >= 0.3 is 0 Å². The normalized spacial score (nSPS) is 12.9. The molecule has 0 aliphatic heterocycles. The topological polar surface area (TPSA) is 3.88 Å². The van der Waals surface area contributed by atoms with E-state index in [2.05, 4.69) is 145 Å². The van der Waals surface area contributed by atoms with Gasteiger partial charge in [-0.05, 0) is 51.6 Å². The minimum atomic E-state index is -1.83. The molecular formula is C32H40NSi+. The Balaban J connectivity index is 1.88. The molecule has 1 heterocycles. The molecule has 176 valence electrons. The Kier molecular flexibility index (Phi) is 6.10. The van der Waals surface area contributed by atoms with Crippen LogP contribution < -0.4 is 9.75 Å². The van der Waals surface area contributed by atoms with E-state index < -0.39 is 8.07 Å². The number of aryl methyl sites for hydroxylation is 2. The number of hydrogen-bond acceptors (Lipinski definition) is 0. The second-order valence-corrected chi connectivity index (χ2v) is 17.1. The van der Waals surface area contributed by atoms with Crippen LogP contribution in [0.3, 0.4) is 0 Å². The van der Waals surface area contributed by atoms with Crippen molar-refractivity contribution in [2.75, 3.05) is 0 Å². The number of benzene rings is 3. The molecule has 0 bridgehead atoms. The number of fused-ring (bicyclic) bond motifs is 1. The summed E-state index contributed by atoms with van der Waals surface area (Å²) in [5.41, 5.74) is 6.88. The highest BCUT2D eigenvalue weighted by molar-refractivity contribution is 6.92. The Morgan fingerprint density at radius 3 is 2.06 bits per heavy atom. The van der Waals surface area contributed by atoms with Crippen molar-refractivity contribution in [1.82, 2.24) is 0 Å². The lowest BCUT2D eigenvalue weighted by Gasteiger charge is -2.41. The van der Waals surface area contributed by atoms with E-state index >= 15 is 0 Å². The first-order valence-electron chi connectivity index (χ1n) is 12.4. The van der Waals surface area contributed by atoms with E-state index in [1.165, 1.54) is 43.9 Å². The van der Waals surface area contributed by atoms with Crippen molar-refractivity contribution >= 4 is 24.0 Å². The van der Waals surface area contributed by atoms with Crippen LogP contribution in [0.4, 0.5) is 0 Å². The monoisotopic (exact) mass is 466 g/mol. The molecule has 0 radical (unpaired) electrons. The summed E-state index contributed by atoms with van der Waals surface area (Å²) >= 11 is 0. The average Bonchev–Trinajstić information content (AvgIpc) is 2.79. The molecule has 3 aromatic carbocycles. The van der Waals surface area contributed by atoms with Crippen LogP contribution in [0.1, 0.15) is 51.3 Å². The molecule has 0 aliphatic rings. The van der Waals surface area contributed by atoms with Gasteiger partial charge in [-0.15, -0.1) is 0 Å². The predicted molar refractivity (Wildman–Crippen MR) is 151 cm³/mol. The lowest BCUT2D eigenvalue weighted by molar-refractivity contribution is -0.659. The van der Waals surface area contributed by atoms with Gasteiger partial charge in [-0.2, -0.15) is 0 Å². The van der Waals surface area contributed by atoms with E-state index in [4.69, 9.17) is 0 Å². The Labute approximate surface area is 207 Å². The smallest absolute Gasteiger partial charge is 0.200 e. The summed E-state index contributed by atoms with van der Waals surface area (Å²) in [5, 5.41) is 4.29. The van der Waals surface area contributed by atoms with Crippen LogP contribution in [-0.4, -0.2) is 8.07 Å². The van der Waals surface area contributed by atoms with Gasteiger partial charge in [0.25, 0.3) is 0 Å². The molecule has 0 N–H and O–H groups in total. The molecule has 1 nitrogen and oxygen atoms in total. The molecule has 1 aromatic heterocycles. The number of pyridine rings is 1. The fourth-order valence-electron chi connectivity index (χ4n) is 5.02. The Hall–Kier alpha value is -2.71. The van der Waals surface area contributed by atoms with Gasteiger partial charge in [-0.3, -0.25) is 0 Å². The predicted octanol–water partition coefficient (Wildman–Crippen LogP) is 7.37. The molecule has 4 aromatic rings. The zero-order chi connectivity index (χ0) is 24.9. The molecule has 0 fully saturated rings. The lowest BCUT2D eigenvalue weighted by Crippen LogP contribution is -2.57. The fourth-order valence-corrected chi connectivity index (χ4v) is 7.64. The van der Waals surface area contributed by atoms with Crippen LogP contribution in [0.15, 0.2) is 79.0 Å². The first kappa shape index (κ1) is 24.4. The van der Waals surface area contributed by atoms with E-state index in [0.717, 1.165) is 0 Å². The fraction of sp³-hybridized carbons (Fsp3) is 0.344. The third-order valence-corrected chi connectivity index (χ3v) is 13.4. The third-order valence-electron chi connectivity index (χ3n) is 8.28. The summed E-state index contributed by atoms with van der Waals surface area (Å²) in [7, 11) is 0.343. The molecule has 2 heteroatoms. The maximum atomic E-state index is 2.52. The van der Waals surface area contributed by atoms with Gasteiger partial charge in [-0.25, -0.2) is 4.57 Å². The zero-order valence-electron chi connectivity index (χ0n) is 22.5. The molecular weight excluding hydrogens is 426 g/mol. The van der Waals surface area contributed by atoms with Crippen molar-refractivity contribution in [3.05, 3.63) is 95.7 Å². The summed E-state index contributed by atoms with van der Waals surface area (Å²) < 4.78 is 2.28. The summed E-state index contributed by atoms with van der Waals surface area (Å²) in [6.45, 7) is 19.0. The molecule has 0 saturated carbocycles. The van der Waals surface area contributed by atoms with Gasteiger partial charge in [0.15, 0.2) is 6.20 Å². The number of rotatable bonds is 4. The minimum absolute atomic E-state index is 0.122. The molecule has 0 atom stereocenters. The van der Waals surface area contributed by atoms with E-state index in [9.17, 15) is 0 Å². The number of aromatic nitrogens is 1. The van der Waals surface area contributed by atoms with Crippen molar-refractivity contribution in [1.29, 1.82) is 0 Å². The highest BCUT2D eigenvalue weighted by atomic mass is 28.3. The molecule has 0 saturated heterocycles. The van der Waals surface area contributed by atoms with Gasteiger partial charge in [0, 0.05) is 11.6 Å².